The minimum Gasteiger partial charge on any atom is -0.495 e. The summed E-state index contributed by atoms with van der Waals surface area (Å²) in [5.74, 6) is 2.26. The molecule has 29 heavy (non-hydrogen) atoms. The highest BCUT2D eigenvalue weighted by molar-refractivity contribution is 5.62. The summed E-state index contributed by atoms with van der Waals surface area (Å²) in [6, 6.07) is 14.4. The second-order valence-corrected chi connectivity index (χ2v) is 7.23. The number of ether oxygens (including phenoxy) is 1. The largest absolute Gasteiger partial charge is 0.495 e. The van der Waals surface area contributed by atoms with Gasteiger partial charge in [-0.2, -0.15) is 10.1 Å². The monoisotopic (exact) mass is 390 g/mol. The number of nitrogens with one attached hydrogen (secondary N) is 1. The van der Waals surface area contributed by atoms with Crippen molar-refractivity contribution in [2.24, 2.45) is 0 Å². The fourth-order valence-corrected chi connectivity index (χ4v) is 3.54. The van der Waals surface area contributed by atoms with Gasteiger partial charge in [-0.3, -0.25) is 0 Å². The summed E-state index contributed by atoms with van der Waals surface area (Å²) >= 11 is 0. The van der Waals surface area contributed by atoms with Crippen LogP contribution in [-0.2, 0) is 0 Å². The Morgan fingerprint density at radius 3 is 2.52 bits per heavy atom. The minimum absolute atomic E-state index is 0.653. The van der Waals surface area contributed by atoms with E-state index in [4.69, 9.17) is 9.72 Å². The molecule has 1 aliphatic heterocycles. The van der Waals surface area contributed by atoms with E-state index in [1.165, 1.54) is 11.1 Å². The first-order valence-corrected chi connectivity index (χ1v) is 9.81. The molecule has 1 aliphatic rings. The lowest BCUT2D eigenvalue weighted by Gasteiger charge is -2.36. The summed E-state index contributed by atoms with van der Waals surface area (Å²) in [7, 11) is 1.71. The third-order valence-electron chi connectivity index (χ3n) is 5.19. The van der Waals surface area contributed by atoms with E-state index in [9.17, 15) is 0 Å². The maximum atomic E-state index is 5.50. The van der Waals surface area contributed by atoms with Crippen LogP contribution in [0.15, 0.2) is 48.7 Å². The first-order valence-electron chi connectivity index (χ1n) is 9.81. The zero-order chi connectivity index (χ0) is 20.2. The molecule has 1 saturated heterocycles. The molecule has 150 valence electrons. The third-order valence-corrected chi connectivity index (χ3v) is 5.19. The van der Waals surface area contributed by atoms with Crippen molar-refractivity contribution < 1.29 is 4.74 Å². The van der Waals surface area contributed by atoms with Crippen LogP contribution in [0.4, 0.5) is 23.1 Å². The SMILES string of the molecule is COc1ccccc1N1CCN(c2nncc(Nc3cc(C)ccc3C)n2)CC1. The van der Waals surface area contributed by atoms with Gasteiger partial charge in [0.05, 0.1) is 19.0 Å². The minimum atomic E-state index is 0.653. The van der Waals surface area contributed by atoms with Gasteiger partial charge in [0.2, 0.25) is 5.95 Å². The number of piperazine rings is 1. The molecule has 0 unspecified atom stereocenters. The molecule has 0 bridgehead atoms. The van der Waals surface area contributed by atoms with Gasteiger partial charge in [-0.05, 0) is 43.2 Å². The lowest BCUT2D eigenvalue weighted by atomic mass is 10.1. The van der Waals surface area contributed by atoms with E-state index in [1.807, 2.05) is 18.2 Å². The molecular formula is C22H26N6O. The molecule has 4 rings (SSSR count). The molecule has 1 aromatic heterocycles. The van der Waals surface area contributed by atoms with Gasteiger partial charge in [-0.1, -0.05) is 24.3 Å². The highest BCUT2D eigenvalue weighted by Crippen LogP contribution is 2.29. The summed E-state index contributed by atoms with van der Waals surface area (Å²) in [6.07, 6.45) is 1.66. The average molecular weight is 390 g/mol. The molecule has 0 amide bonds. The van der Waals surface area contributed by atoms with Crippen LogP contribution in [0, 0.1) is 13.8 Å². The Bertz CT molecular complexity index is 985. The second-order valence-electron chi connectivity index (χ2n) is 7.23. The summed E-state index contributed by atoms with van der Waals surface area (Å²) in [5, 5.41) is 11.8. The number of aromatic nitrogens is 3. The van der Waals surface area contributed by atoms with E-state index in [0.29, 0.717) is 11.8 Å². The van der Waals surface area contributed by atoms with E-state index < -0.39 is 0 Å². The number of nitrogens with zero attached hydrogens (tertiary/aromatic N) is 5. The van der Waals surface area contributed by atoms with Crippen molar-refractivity contribution in [3.8, 4) is 5.75 Å². The smallest absolute Gasteiger partial charge is 0.247 e. The van der Waals surface area contributed by atoms with Crippen molar-refractivity contribution in [2.45, 2.75) is 13.8 Å². The van der Waals surface area contributed by atoms with Crippen LogP contribution < -0.4 is 19.9 Å². The second kappa shape index (κ2) is 8.34. The first kappa shape index (κ1) is 19.0. The van der Waals surface area contributed by atoms with Gasteiger partial charge in [0.15, 0.2) is 5.82 Å². The molecule has 2 heterocycles. The summed E-state index contributed by atoms with van der Waals surface area (Å²) < 4.78 is 5.50. The standard InChI is InChI=1S/C22H26N6O/c1-16-8-9-17(2)18(14-16)24-21-15-23-26-22(25-21)28-12-10-27(11-13-28)19-6-4-5-7-20(19)29-3/h4-9,14-15H,10-13H2,1-3H3,(H,24,25,26). The number of hydrogen-bond acceptors (Lipinski definition) is 7. The van der Waals surface area contributed by atoms with Gasteiger partial charge in [0, 0.05) is 31.9 Å². The first-order chi connectivity index (χ1) is 14.1. The van der Waals surface area contributed by atoms with Crippen molar-refractivity contribution in [1.82, 2.24) is 15.2 Å². The predicted molar refractivity (Wildman–Crippen MR) is 116 cm³/mol. The number of hydrogen-bond donors (Lipinski definition) is 1. The van der Waals surface area contributed by atoms with Crippen LogP contribution in [0.5, 0.6) is 5.75 Å². The molecule has 3 aromatic rings. The van der Waals surface area contributed by atoms with Crippen molar-refractivity contribution in [3.05, 3.63) is 59.8 Å². The molecule has 0 aliphatic carbocycles. The zero-order valence-electron chi connectivity index (χ0n) is 17.1. The van der Waals surface area contributed by atoms with Gasteiger partial charge in [-0.25, -0.2) is 0 Å². The number of anilines is 4. The van der Waals surface area contributed by atoms with E-state index in [2.05, 4.69) is 63.4 Å². The van der Waals surface area contributed by atoms with E-state index in [0.717, 1.165) is 43.3 Å². The fourth-order valence-electron chi connectivity index (χ4n) is 3.54. The molecule has 0 spiro atoms. The Morgan fingerprint density at radius 2 is 1.72 bits per heavy atom. The lowest BCUT2D eigenvalue weighted by Crippen LogP contribution is -2.47. The van der Waals surface area contributed by atoms with Crippen molar-refractivity contribution in [3.63, 3.8) is 0 Å². The normalized spacial score (nSPS) is 14.0. The molecule has 1 N–H and O–H groups in total. The van der Waals surface area contributed by atoms with E-state index in [-0.39, 0.29) is 0 Å². The number of rotatable bonds is 5. The molecule has 7 nitrogen and oxygen atoms in total. The lowest BCUT2D eigenvalue weighted by molar-refractivity contribution is 0.413. The highest BCUT2D eigenvalue weighted by atomic mass is 16.5. The van der Waals surface area contributed by atoms with E-state index >= 15 is 0 Å². The Morgan fingerprint density at radius 1 is 0.966 bits per heavy atom. The topological polar surface area (TPSA) is 66.4 Å². The summed E-state index contributed by atoms with van der Waals surface area (Å²) in [6.45, 7) is 7.56. The molecule has 0 radical (unpaired) electrons. The van der Waals surface area contributed by atoms with Crippen LogP contribution in [-0.4, -0.2) is 48.5 Å². The summed E-state index contributed by atoms with van der Waals surface area (Å²) in [5.41, 5.74) is 4.53. The quantitative estimate of drug-likeness (QED) is 0.714. The van der Waals surface area contributed by atoms with Crippen molar-refractivity contribution in [2.75, 3.05) is 48.4 Å². The predicted octanol–water partition coefficient (Wildman–Crippen LogP) is 3.57. The van der Waals surface area contributed by atoms with Crippen LogP contribution in [0.1, 0.15) is 11.1 Å². The maximum Gasteiger partial charge on any atom is 0.247 e. The van der Waals surface area contributed by atoms with Crippen LogP contribution in [0.3, 0.4) is 0 Å². The van der Waals surface area contributed by atoms with Crippen LogP contribution in [0.2, 0.25) is 0 Å². The Labute approximate surface area is 171 Å². The van der Waals surface area contributed by atoms with Crippen molar-refractivity contribution in [1.29, 1.82) is 0 Å². The van der Waals surface area contributed by atoms with E-state index in [1.54, 1.807) is 13.3 Å². The van der Waals surface area contributed by atoms with Crippen molar-refractivity contribution >= 4 is 23.1 Å². The molecule has 7 heteroatoms. The maximum absolute atomic E-state index is 5.50. The van der Waals surface area contributed by atoms with Gasteiger partial charge in [0.25, 0.3) is 0 Å². The fraction of sp³-hybridized carbons (Fsp3) is 0.318. The third kappa shape index (κ3) is 4.23. The molecule has 0 saturated carbocycles. The van der Waals surface area contributed by atoms with Gasteiger partial charge < -0.3 is 19.9 Å². The average Bonchev–Trinajstić information content (AvgIpc) is 2.76. The Hall–Kier alpha value is -3.35. The molecular weight excluding hydrogens is 364 g/mol. The number of para-hydroxylation sites is 2. The van der Waals surface area contributed by atoms with Crippen LogP contribution in [0.25, 0.3) is 0 Å². The number of benzene rings is 2. The highest BCUT2D eigenvalue weighted by Gasteiger charge is 2.21. The Kier molecular flexibility index (Phi) is 5.46. The number of methoxy groups -OCH3 is 1. The number of aryl methyl sites for hydroxylation is 2. The molecule has 2 aromatic carbocycles. The molecule has 1 fully saturated rings. The van der Waals surface area contributed by atoms with Crippen LogP contribution >= 0.6 is 0 Å². The molecule has 0 atom stereocenters. The Balaban J connectivity index is 1.45. The van der Waals surface area contributed by atoms with Gasteiger partial charge in [-0.15, -0.1) is 5.10 Å². The summed E-state index contributed by atoms with van der Waals surface area (Å²) in [4.78, 5) is 9.20. The van der Waals surface area contributed by atoms with Gasteiger partial charge in [0.1, 0.15) is 5.75 Å². The van der Waals surface area contributed by atoms with Gasteiger partial charge >= 0.3 is 0 Å². The zero-order valence-corrected chi connectivity index (χ0v) is 17.1.